The van der Waals surface area contributed by atoms with E-state index in [0.29, 0.717) is 19.7 Å². The number of rotatable bonds is 4. The summed E-state index contributed by atoms with van der Waals surface area (Å²) in [6.45, 7) is 4.06. The van der Waals surface area contributed by atoms with Gasteiger partial charge in [-0.05, 0) is 38.3 Å². The molecule has 1 aliphatic heterocycles. The number of imidazole rings is 1. The average Bonchev–Trinajstić information content (AvgIpc) is 3.28. The number of likely N-dealkylation sites (tertiary alicyclic amines) is 1. The lowest BCUT2D eigenvalue weighted by molar-refractivity contribution is -0.134. The van der Waals surface area contributed by atoms with Gasteiger partial charge in [-0.15, -0.1) is 0 Å². The second-order valence-electron chi connectivity index (χ2n) is 6.71. The number of benzene rings is 1. The Balaban J connectivity index is 1.44. The van der Waals surface area contributed by atoms with Crippen LogP contribution in [-0.4, -0.2) is 46.2 Å². The molecule has 1 saturated heterocycles. The van der Waals surface area contributed by atoms with Crippen molar-refractivity contribution < 1.29 is 9.53 Å². The second kappa shape index (κ2) is 6.09. The van der Waals surface area contributed by atoms with E-state index in [2.05, 4.69) is 4.98 Å². The molecule has 1 aromatic carbocycles. The molecule has 1 saturated carbocycles. The van der Waals surface area contributed by atoms with Crippen molar-refractivity contribution in [1.29, 1.82) is 0 Å². The van der Waals surface area contributed by atoms with Crippen LogP contribution >= 0.6 is 0 Å². The number of carbonyl (C=O) groups is 1. The zero-order valence-corrected chi connectivity index (χ0v) is 13.9. The van der Waals surface area contributed by atoms with Gasteiger partial charge in [-0.2, -0.15) is 0 Å². The molecule has 4 rings (SSSR count). The first-order valence-electron chi connectivity index (χ1n) is 8.78. The number of H-pyrrole nitrogens is 1. The van der Waals surface area contributed by atoms with Crippen LogP contribution in [0.2, 0.25) is 0 Å². The number of ether oxygens (including phenoxy) is 1. The quantitative estimate of drug-likeness (QED) is 0.932. The van der Waals surface area contributed by atoms with Gasteiger partial charge in [0.1, 0.15) is 0 Å². The Kier molecular flexibility index (Phi) is 3.92. The number of aromatic nitrogens is 2. The van der Waals surface area contributed by atoms with Crippen LogP contribution < -0.4 is 5.69 Å². The first kappa shape index (κ1) is 15.4. The largest absolute Gasteiger partial charge is 0.378 e. The van der Waals surface area contributed by atoms with Crippen LogP contribution in [-0.2, 0) is 9.53 Å². The van der Waals surface area contributed by atoms with E-state index in [1.54, 1.807) is 0 Å². The molecule has 2 heterocycles. The van der Waals surface area contributed by atoms with Crippen molar-refractivity contribution in [3.05, 3.63) is 34.7 Å². The Labute approximate surface area is 140 Å². The fraction of sp³-hybridized carbons (Fsp3) is 0.556. The number of hydrogen-bond donors (Lipinski definition) is 1. The number of para-hydroxylation sites is 2. The highest BCUT2D eigenvalue weighted by atomic mass is 16.5. The number of carbonyl (C=O) groups excluding carboxylic acids is 1. The van der Waals surface area contributed by atoms with Crippen molar-refractivity contribution >= 4 is 16.9 Å². The molecule has 2 atom stereocenters. The van der Waals surface area contributed by atoms with Gasteiger partial charge >= 0.3 is 5.69 Å². The van der Waals surface area contributed by atoms with Crippen molar-refractivity contribution in [2.45, 2.75) is 38.3 Å². The standard InChI is InChI=1S/C18H23N3O3/c1-2-24-16-11-13(16)17(22)20-9-7-12(8-10-20)21-15-6-4-3-5-14(15)19-18(21)23/h3-6,12-13,16H,2,7-11H2,1H3,(H,19,23)/t13-,16-/m0/s1. The number of aromatic amines is 1. The van der Waals surface area contributed by atoms with E-state index in [1.165, 1.54) is 0 Å². The van der Waals surface area contributed by atoms with Gasteiger partial charge in [0, 0.05) is 25.7 Å². The number of nitrogens with one attached hydrogen (secondary N) is 1. The lowest BCUT2D eigenvalue weighted by Crippen LogP contribution is -2.41. The minimum absolute atomic E-state index is 0.0531. The second-order valence-corrected chi connectivity index (χ2v) is 6.71. The number of fused-ring (bicyclic) bond motifs is 1. The summed E-state index contributed by atoms with van der Waals surface area (Å²) in [4.78, 5) is 29.6. The molecule has 24 heavy (non-hydrogen) atoms. The summed E-state index contributed by atoms with van der Waals surface area (Å²) in [5.41, 5.74) is 1.77. The van der Waals surface area contributed by atoms with E-state index in [0.717, 1.165) is 30.3 Å². The first-order chi connectivity index (χ1) is 11.7. The molecule has 1 amide bonds. The molecule has 128 valence electrons. The summed E-state index contributed by atoms with van der Waals surface area (Å²) in [5.74, 6) is 0.274. The van der Waals surface area contributed by atoms with Crippen molar-refractivity contribution in [3.8, 4) is 0 Å². The summed E-state index contributed by atoms with van der Waals surface area (Å²) in [6, 6.07) is 7.92. The molecule has 0 unspecified atom stereocenters. The SMILES string of the molecule is CCO[C@H]1C[C@@H]1C(=O)N1CCC(n2c(=O)[nH]c3ccccc32)CC1. The van der Waals surface area contributed by atoms with Crippen LogP contribution in [0.1, 0.15) is 32.2 Å². The summed E-state index contributed by atoms with van der Waals surface area (Å²) in [6.07, 6.45) is 2.62. The van der Waals surface area contributed by atoms with E-state index in [1.807, 2.05) is 40.7 Å². The highest BCUT2D eigenvalue weighted by Crippen LogP contribution is 2.36. The summed E-state index contributed by atoms with van der Waals surface area (Å²) < 4.78 is 7.38. The molecular weight excluding hydrogens is 306 g/mol. The Morgan fingerprint density at radius 2 is 2.04 bits per heavy atom. The van der Waals surface area contributed by atoms with Gasteiger partial charge in [-0.3, -0.25) is 9.36 Å². The topological polar surface area (TPSA) is 67.3 Å². The molecular formula is C18H23N3O3. The van der Waals surface area contributed by atoms with Crippen molar-refractivity contribution in [3.63, 3.8) is 0 Å². The van der Waals surface area contributed by atoms with Gasteiger partial charge in [0.25, 0.3) is 0 Å². The summed E-state index contributed by atoms with van der Waals surface area (Å²) in [7, 11) is 0. The Morgan fingerprint density at radius 3 is 2.79 bits per heavy atom. The number of hydrogen-bond acceptors (Lipinski definition) is 3. The molecule has 1 N–H and O–H groups in total. The highest BCUT2D eigenvalue weighted by molar-refractivity contribution is 5.82. The fourth-order valence-electron chi connectivity index (χ4n) is 3.85. The number of piperidine rings is 1. The molecule has 1 aliphatic carbocycles. The van der Waals surface area contributed by atoms with Crippen molar-refractivity contribution in [2.24, 2.45) is 5.92 Å². The van der Waals surface area contributed by atoms with E-state index < -0.39 is 0 Å². The van der Waals surface area contributed by atoms with E-state index in [4.69, 9.17) is 4.74 Å². The van der Waals surface area contributed by atoms with Crippen LogP contribution in [0, 0.1) is 5.92 Å². The van der Waals surface area contributed by atoms with Gasteiger partial charge in [-0.1, -0.05) is 12.1 Å². The van der Waals surface area contributed by atoms with Gasteiger partial charge in [0.15, 0.2) is 0 Å². The molecule has 0 radical (unpaired) electrons. The minimum Gasteiger partial charge on any atom is -0.378 e. The van der Waals surface area contributed by atoms with Crippen LogP contribution in [0.4, 0.5) is 0 Å². The van der Waals surface area contributed by atoms with E-state index in [9.17, 15) is 9.59 Å². The molecule has 0 bridgehead atoms. The first-order valence-corrected chi connectivity index (χ1v) is 8.78. The van der Waals surface area contributed by atoms with Gasteiger partial charge in [0.2, 0.25) is 5.91 Å². The zero-order valence-electron chi connectivity index (χ0n) is 13.9. The van der Waals surface area contributed by atoms with Gasteiger partial charge < -0.3 is 14.6 Å². The van der Waals surface area contributed by atoms with Gasteiger partial charge in [0.05, 0.1) is 23.1 Å². The third-order valence-electron chi connectivity index (χ3n) is 5.20. The molecule has 1 aromatic heterocycles. The molecule has 6 heteroatoms. The van der Waals surface area contributed by atoms with Gasteiger partial charge in [-0.25, -0.2) is 4.79 Å². The maximum atomic E-state index is 12.5. The molecule has 6 nitrogen and oxygen atoms in total. The third kappa shape index (κ3) is 2.65. The number of amides is 1. The summed E-state index contributed by atoms with van der Waals surface area (Å²) >= 11 is 0. The normalized spacial score (nSPS) is 24.5. The lowest BCUT2D eigenvalue weighted by atomic mass is 10.0. The highest BCUT2D eigenvalue weighted by Gasteiger charge is 2.46. The molecule has 2 aromatic rings. The Morgan fingerprint density at radius 1 is 1.29 bits per heavy atom. The Bertz CT molecular complexity index is 801. The molecule has 2 fully saturated rings. The zero-order chi connectivity index (χ0) is 16.7. The van der Waals surface area contributed by atoms with E-state index in [-0.39, 0.29) is 29.7 Å². The monoisotopic (exact) mass is 329 g/mol. The third-order valence-corrected chi connectivity index (χ3v) is 5.20. The molecule has 2 aliphatic rings. The van der Waals surface area contributed by atoms with Crippen LogP contribution in [0.5, 0.6) is 0 Å². The van der Waals surface area contributed by atoms with Crippen molar-refractivity contribution in [2.75, 3.05) is 19.7 Å². The number of nitrogens with zero attached hydrogens (tertiary/aromatic N) is 2. The average molecular weight is 329 g/mol. The fourth-order valence-corrected chi connectivity index (χ4v) is 3.85. The predicted octanol–water partition coefficient (Wildman–Crippen LogP) is 1.92. The smallest absolute Gasteiger partial charge is 0.326 e. The van der Waals surface area contributed by atoms with Crippen LogP contribution in [0.15, 0.2) is 29.1 Å². The van der Waals surface area contributed by atoms with Crippen LogP contribution in [0.3, 0.4) is 0 Å². The summed E-state index contributed by atoms with van der Waals surface area (Å²) in [5, 5.41) is 0. The lowest BCUT2D eigenvalue weighted by Gasteiger charge is -2.32. The van der Waals surface area contributed by atoms with Crippen LogP contribution in [0.25, 0.3) is 11.0 Å². The van der Waals surface area contributed by atoms with Crippen molar-refractivity contribution in [1.82, 2.24) is 14.5 Å². The maximum Gasteiger partial charge on any atom is 0.326 e. The molecule has 0 spiro atoms. The Hall–Kier alpha value is -2.08. The predicted molar refractivity (Wildman–Crippen MR) is 90.9 cm³/mol. The van der Waals surface area contributed by atoms with E-state index >= 15 is 0 Å². The minimum atomic E-state index is -0.0559. The maximum absolute atomic E-state index is 12.5.